The second-order valence-corrected chi connectivity index (χ2v) is 5.55. The lowest BCUT2D eigenvalue weighted by molar-refractivity contribution is -0.136. The van der Waals surface area contributed by atoms with Gasteiger partial charge >= 0.3 is 0 Å². The molecule has 1 aromatic carbocycles. The highest BCUT2D eigenvalue weighted by Crippen LogP contribution is 2.21. The molecule has 0 radical (unpaired) electrons. The molecule has 1 aliphatic heterocycles. The summed E-state index contributed by atoms with van der Waals surface area (Å²) in [6, 6.07) is 6.18. The lowest BCUT2D eigenvalue weighted by Crippen LogP contribution is -2.45. The van der Waals surface area contributed by atoms with Crippen LogP contribution < -0.4 is 5.32 Å². The Labute approximate surface area is 125 Å². The molecule has 5 nitrogen and oxygen atoms in total. The molecular formula is C16H24N2O3. The topological polar surface area (TPSA) is 61.8 Å². The lowest BCUT2D eigenvalue weighted by atomic mass is 10.0. The molecule has 0 aromatic heterocycles. The fourth-order valence-corrected chi connectivity index (χ4v) is 2.66. The lowest BCUT2D eigenvalue weighted by Gasteiger charge is -2.32. The number of benzene rings is 1. The van der Waals surface area contributed by atoms with Gasteiger partial charge in [0.15, 0.2) is 0 Å². The van der Waals surface area contributed by atoms with E-state index in [-0.39, 0.29) is 12.5 Å². The highest BCUT2D eigenvalue weighted by atomic mass is 16.5. The number of amides is 1. The second-order valence-electron chi connectivity index (χ2n) is 5.55. The SMILES string of the molecule is COCC(=O)N1CCC(NCc2cccc(C)c2O)CC1. The Bertz CT molecular complexity index is 482. The number of likely N-dealkylation sites (tertiary alicyclic amines) is 1. The molecular weight excluding hydrogens is 268 g/mol. The zero-order chi connectivity index (χ0) is 15.2. The number of piperidine rings is 1. The average Bonchev–Trinajstić information content (AvgIpc) is 2.49. The highest BCUT2D eigenvalue weighted by Gasteiger charge is 2.22. The summed E-state index contributed by atoms with van der Waals surface area (Å²) in [4.78, 5) is 13.6. The van der Waals surface area contributed by atoms with Crippen molar-refractivity contribution in [3.8, 4) is 5.75 Å². The van der Waals surface area contributed by atoms with Crippen molar-refractivity contribution in [1.29, 1.82) is 0 Å². The fraction of sp³-hybridized carbons (Fsp3) is 0.562. The van der Waals surface area contributed by atoms with E-state index >= 15 is 0 Å². The maximum absolute atomic E-state index is 11.7. The minimum Gasteiger partial charge on any atom is -0.507 e. The number of carbonyl (C=O) groups excluding carboxylic acids is 1. The first kappa shape index (κ1) is 15.8. The maximum atomic E-state index is 11.7. The molecule has 1 aromatic rings. The third kappa shape index (κ3) is 4.19. The van der Waals surface area contributed by atoms with Crippen LogP contribution in [-0.4, -0.2) is 48.8 Å². The summed E-state index contributed by atoms with van der Waals surface area (Å²) in [7, 11) is 1.54. The van der Waals surface area contributed by atoms with Crippen molar-refractivity contribution in [3.05, 3.63) is 29.3 Å². The first-order valence-electron chi connectivity index (χ1n) is 7.39. The molecule has 0 aliphatic carbocycles. The van der Waals surface area contributed by atoms with Crippen molar-refractivity contribution in [2.24, 2.45) is 0 Å². The van der Waals surface area contributed by atoms with Crippen molar-refractivity contribution >= 4 is 5.91 Å². The Hall–Kier alpha value is -1.59. The van der Waals surface area contributed by atoms with Crippen LogP contribution in [0.2, 0.25) is 0 Å². The predicted octanol–water partition coefficient (Wildman–Crippen LogP) is 1.43. The van der Waals surface area contributed by atoms with Gasteiger partial charge in [-0.05, 0) is 25.3 Å². The van der Waals surface area contributed by atoms with E-state index in [4.69, 9.17) is 4.74 Å². The minimum atomic E-state index is 0.0623. The van der Waals surface area contributed by atoms with Crippen molar-refractivity contribution in [1.82, 2.24) is 10.2 Å². The van der Waals surface area contributed by atoms with Gasteiger partial charge in [-0.25, -0.2) is 0 Å². The Kier molecular flexibility index (Phi) is 5.59. The number of hydrogen-bond donors (Lipinski definition) is 2. The van der Waals surface area contributed by atoms with Gasteiger partial charge in [-0.15, -0.1) is 0 Å². The van der Waals surface area contributed by atoms with E-state index in [1.54, 1.807) is 7.11 Å². The molecule has 2 N–H and O–H groups in total. The number of methoxy groups -OCH3 is 1. The summed E-state index contributed by atoms with van der Waals surface area (Å²) < 4.78 is 4.88. The summed E-state index contributed by atoms with van der Waals surface area (Å²) in [5.41, 5.74) is 1.82. The molecule has 1 aliphatic rings. The third-order valence-electron chi connectivity index (χ3n) is 4.02. The van der Waals surface area contributed by atoms with Crippen LogP contribution in [-0.2, 0) is 16.1 Å². The number of hydrogen-bond acceptors (Lipinski definition) is 4. The van der Waals surface area contributed by atoms with Crippen LogP contribution in [0.5, 0.6) is 5.75 Å². The Morgan fingerprint density at radius 2 is 2.14 bits per heavy atom. The summed E-state index contributed by atoms with van der Waals surface area (Å²) in [5.74, 6) is 0.435. The largest absolute Gasteiger partial charge is 0.507 e. The predicted molar refractivity (Wildman–Crippen MR) is 81.2 cm³/mol. The fourth-order valence-electron chi connectivity index (χ4n) is 2.66. The van der Waals surface area contributed by atoms with Gasteiger partial charge in [0.05, 0.1) is 0 Å². The van der Waals surface area contributed by atoms with Crippen LogP contribution in [0, 0.1) is 6.92 Å². The van der Waals surface area contributed by atoms with Crippen LogP contribution in [0.25, 0.3) is 0 Å². The number of ether oxygens (including phenoxy) is 1. The quantitative estimate of drug-likeness (QED) is 0.862. The Morgan fingerprint density at radius 3 is 2.81 bits per heavy atom. The van der Waals surface area contributed by atoms with E-state index in [9.17, 15) is 9.90 Å². The van der Waals surface area contributed by atoms with Gasteiger partial charge in [0, 0.05) is 38.3 Å². The molecule has 1 heterocycles. The number of phenols is 1. The van der Waals surface area contributed by atoms with Gasteiger partial charge in [0.25, 0.3) is 0 Å². The zero-order valence-corrected chi connectivity index (χ0v) is 12.8. The van der Waals surface area contributed by atoms with Crippen LogP contribution >= 0.6 is 0 Å². The molecule has 0 unspecified atom stereocenters. The van der Waals surface area contributed by atoms with Crippen LogP contribution in [0.4, 0.5) is 0 Å². The summed E-state index contributed by atoms with van der Waals surface area (Å²) in [5, 5.41) is 13.5. The number of nitrogens with zero attached hydrogens (tertiary/aromatic N) is 1. The van der Waals surface area contributed by atoms with Gasteiger partial charge in [-0.2, -0.15) is 0 Å². The summed E-state index contributed by atoms with van der Waals surface area (Å²) in [6.45, 7) is 4.25. The van der Waals surface area contributed by atoms with Gasteiger partial charge < -0.3 is 20.1 Å². The van der Waals surface area contributed by atoms with Crippen LogP contribution in [0.1, 0.15) is 24.0 Å². The van der Waals surface area contributed by atoms with E-state index in [1.165, 1.54) is 0 Å². The van der Waals surface area contributed by atoms with Gasteiger partial charge in [-0.1, -0.05) is 18.2 Å². The average molecular weight is 292 g/mol. The van der Waals surface area contributed by atoms with Crippen molar-refractivity contribution in [3.63, 3.8) is 0 Å². The van der Waals surface area contributed by atoms with Crippen LogP contribution in [0.15, 0.2) is 18.2 Å². The number of nitrogens with one attached hydrogen (secondary N) is 1. The Morgan fingerprint density at radius 1 is 1.43 bits per heavy atom. The number of para-hydroxylation sites is 1. The highest BCUT2D eigenvalue weighted by molar-refractivity contribution is 5.77. The third-order valence-corrected chi connectivity index (χ3v) is 4.02. The molecule has 0 atom stereocenters. The first-order chi connectivity index (χ1) is 10.1. The number of rotatable bonds is 5. The van der Waals surface area contributed by atoms with E-state index in [0.717, 1.165) is 37.1 Å². The Balaban J connectivity index is 1.79. The van der Waals surface area contributed by atoms with Crippen LogP contribution in [0.3, 0.4) is 0 Å². The molecule has 5 heteroatoms. The zero-order valence-electron chi connectivity index (χ0n) is 12.8. The second kappa shape index (κ2) is 7.43. The molecule has 1 fully saturated rings. The van der Waals surface area contributed by atoms with E-state index in [1.807, 2.05) is 30.0 Å². The summed E-state index contributed by atoms with van der Waals surface area (Å²) >= 11 is 0. The van der Waals surface area contributed by atoms with E-state index in [2.05, 4.69) is 5.32 Å². The summed E-state index contributed by atoms with van der Waals surface area (Å²) in [6.07, 6.45) is 1.87. The minimum absolute atomic E-state index is 0.0623. The smallest absolute Gasteiger partial charge is 0.248 e. The monoisotopic (exact) mass is 292 g/mol. The number of phenolic OH excluding ortho intramolecular Hbond substituents is 1. The molecule has 0 saturated carbocycles. The standard InChI is InChI=1S/C16H24N2O3/c1-12-4-3-5-13(16(12)20)10-17-14-6-8-18(9-7-14)15(19)11-21-2/h3-5,14,17,20H,6-11H2,1-2H3. The van der Waals surface area contributed by atoms with Crippen molar-refractivity contribution in [2.45, 2.75) is 32.4 Å². The molecule has 2 rings (SSSR count). The maximum Gasteiger partial charge on any atom is 0.248 e. The number of aryl methyl sites for hydroxylation is 1. The molecule has 116 valence electrons. The van der Waals surface area contributed by atoms with Crippen molar-refractivity contribution in [2.75, 3.05) is 26.8 Å². The normalized spacial score (nSPS) is 16.2. The number of carbonyl (C=O) groups is 1. The molecule has 1 amide bonds. The van der Waals surface area contributed by atoms with E-state index in [0.29, 0.717) is 18.3 Å². The molecule has 1 saturated heterocycles. The van der Waals surface area contributed by atoms with E-state index < -0.39 is 0 Å². The van der Waals surface area contributed by atoms with Crippen molar-refractivity contribution < 1.29 is 14.6 Å². The first-order valence-corrected chi connectivity index (χ1v) is 7.39. The molecule has 0 spiro atoms. The molecule has 21 heavy (non-hydrogen) atoms. The number of aromatic hydroxyl groups is 1. The van der Waals surface area contributed by atoms with Gasteiger partial charge in [-0.3, -0.25) is 4.79 Å². The molecule has 0 bridgehead atoms. The van der Waals surface area contributed by atoms with Gasteiger partial charge in [0.2, 0.25) is 5.91 Å². The van der Waals surface area contributed by atoms with Gasteiger partial charge in [0.1, 0.15) is 12.4 Å².